The minimum atomic E-state index is 0.754. The number of fused-ring (bicyclic) bond motifs is 1. The van der Waals surface area contributed by atoms with Gasteiger partial charge in [0.2, 0.25) is 0 Å². The number of benzene rings is 1. The standard InChI is InChI=1S/C15H14N2O/c1-11-8-15(16-9-12-6-7-18-10-12)13-4-2-3-5-14(13)17-11/h2-8,10H,9H2,1H3,(H,16,17). The van der Waals surface area contributed by atoms with E-state index in [2.05, 4.69) is 22.4 Å². The normalized spacial score (nSPS) is 10.7. The summed E-state index contributed by atoms with van der Waals surface area (Å²) in [5.41, 5.74) is 4.28. The average Bonchev–Trinajstić information content (AvgIpc) is 2.89. The highest BCUT2D eigenvalue weighted by Gasteiger charge is 2.03. The largest absolute Gasteiger partial charge is 0.472 e. The Balaban J connectivity index is 1.95. The van der Waals surface area contributed by atoms with Gasteiger partial charge >= 0.3 is 0 Å². The van der Waals surface area contributed by atoms with E-state index >= 15 is 0 Å². The minimum Gasteiger partial charge on any atom is -0.472 e. The monoisotopic (exact) mass is 238 g/mol. The zero-order valence-corrected chi connectivity index (χ0v) is 10.2. The Morgan fingerprint density at radius 2 is 2.11 bits per heavy atom. The number of aryl methyl sites for hydroxylation is 1. The van der Waals surface area contributed by atoms with Gasteiger partial charge in [-0.25, -0.2) is 0 Å². The van der Waals surface area contributed by atoms with Crippen molar-refractivity contribution in [1.29, 1.82) is 0 Å². The summed E-state index contributed by atoms with van der Waals surface area (Å²) in [6, 6.07) is 12.2. The van der Waals surface area contributed by atoms with Crippen LogP contribution >= 0.6 is 0 Å². The van der Waals surface area contributed by atoms with Gasteiger partial charge in [0, 0.05) is 28.9 Å². The predicted molar refractivity (Wildman–Crippen MR) is 72.5 cm³/mol. The minimum absolute atomic E-state index is 0.754. The second-order valence-corrected chi connectivity index (χ2v) is 4.31. The number of nitrogens with one attached hydrogen (secondary N) is 1. The van der Waals surface area contributed by atoms with Gasteiger partial charge in [0.15, 0.2) is 0 Å². The lowest BCUT2D eigenvalue weighted by atomic mass is 10.1. The summed E-state index contributed by atoms with van der Waals surface area (Å²) < 4.78 is 5.06. The van der Waals surface area contributed by atoms with Gasteiger partial charge in [-0.1, -0.05) is 18.2 Å². The predicted octanol–water partition coefficient (Wildman–Crippen LogP) is 3.75. The first-order valence-corrected chi connectivity index (χ1v) is 5.94. The summed E-state index contributed by atoms with van der Waals surface area (Å²) >= 11 is 0. The van der Waals surface area contributed by atoms with Crippen molar-refractivity contribution in [2.45, 2.75) is 13.5 Å². The van der Waals surface area contributed by atoms with Crippen LogP contribution in [0.25, 0.3) is 10.9 Å². The molecule has 2 aromatic heterocycles. The lowest BCUT2D eigenvalue weighted by molar-refractivity contribution is 0.564. The quantitative estimate of drug-likeness (QED) is 0.755. The lowest BCUT2D eigenvalue weighted by Crippen LogP contribution is -2.00. The highest BCUT2D eigenvalue weighted by molar-refractivity contribution is 5.91. The molecule has 3 rings (SSSR count). The van der Waals surface area contributed by atoms with Crippen molar-refractivity contribution in [2.75, 3.05) is 5.32 Å². The third-order valence-corrected chi connectivity index (χ3v) is 2.91. The first-order valence-electron chi connectivity index (χ1n) is 5.94. The van der Waals surface area contributed by atoms with Crippen LogP contribution < -0.4 is 5.32 Å². The number of furan rings is 1. The van der Waals surface area contributed by atoms with E-state index in [4.69, 9.17) is 4.42 Å². The number of hydrogen-bond donors (Lipinski definition) is 1. The fourth-order valence-corrected chi connectivity index (χ4v) is 2.04. The third-order valence-electron chi connectivity index (χ3n) is 2.91. The van der Waals surface area contributed by atoms with Crippen LogP contribution in [-0.4, -0.2) is 4.98 Å². The van der Waals surface area contributed by atoms with Crippen molar-refractivity contribution in [3.05, 3.63) is 60.2 Å². The maximum atomic E-state index is 5.06. The second-order valence-electron chi connectivity index (χ2n) is 4.31. The maximum absolute atomic E-state index is 5.06. The number of rotatable bonds is 3. The number of hydrogen-bond acceptors (Lipinski definition) is 3. The Morgan fingerprint density at radius 3 is 2.94 bits per heavy atom. The summed E-state index contributed by atoms with van der Waals surface area (Å²) in [6.07, 6.45) is 3.44. The van der Waals surface area contributed by atoms with Gasteiger partial charge in [0.1, 0.15) is 0 Å². The molecule has 0 aliphatic carbocycles. The molecular formula is C15H14N2O. The molecular weight excluding hydrogens is 224 g/mol. The van der Waals surface area contributed by atoms with Crippen LogP contribution in [0.2, 0.25) is 0 Å². The highest BCUT2D eigenvalue weighted by Crippen LogP contribution is 2.23. The van der Waals surface area contributed by atoms with Crippen LogP contribution in [0, 0.1) is 6.92 Å². The van der Waals surface area contributed by atoms with Crippen molar-refractivity contribution < 1.29 is 4.42 Å². The van der Waals surface area contributed by atoms with Crippen LogP contribution in [0.1, 0.15) is 11.3 Å². The number of nitrogens with zero attached hydrogens (tertiary/aromatic N) is 1. The van der Waals surface area contributed by atoms with Gasteiger partial charge in [-0.15, -0.1) is 0 Å². The zero-order chi connectivity index (χ0) is 12.4. The zero-order valence-electron chi connectivity index (χ0n) is 10.2. The van der Waals surface area contributed by atoms with Crippen molar-refractivity contribution in [1.82, 2.24) is 4.98 Å². The van der Waals surface area contributed by atoms with Crippen LogP contribution in [0.4, 0.5) is 5.69 Å². The van der Waals surface area contributed by atoms with Crippen molar-refractivity contribution in [3.8, 4) is 0 Å². The summed E-state index contributed by atoms with van der Waals surface area (Å²) in [4.78, 5) is 4.52. The van der Waals surface area contributed by atoms with E-state index in [1.54, 1.807) is 12.5 Å². The van der Waals surface area contributed by atoms with Crippen molar-refractivity contribution >= 4 is 16.6 Å². The van der Waals surface area contributed by atoms with E-state index in [1.165, 1.54) is 0 Å². The summed E-state index contributed by atoms with van der Waals surface area (Å²) in [7, 11) is 0. The molecule has 1 N–H and O–H groups in total. The number of para-hydroxylation sites is 1. The molecule has 1 aromatic carbocycles. The van der Waals surface area contributed by atoms with Gasteiger partial charge in [-0.05, 0) is 25.1 Å². The molecule has 0 atom stereocenters. The van der Waals surface area contributed by atoms with E-state index in [-0.39, 0.29) is 0 Å². The second kappa shape index (κ2) is 4.53. The Morgan fingerprint density at radius 1 is 1.22 bits per heavy atom. The van der Waals surface area contributed by atoms with E-state index in [9.17, 15) is 0 Å². The number of aromatic nitrogens is 1. The molecule has 3 nitrogen and oxygen atoms in total. The number of pyridine rings is 1. The van der Waals surface area contributed by atoms with Crippen LogP contribution in [0.3, 0.4) is 0 Å². The smallest absolute Gasteiger partial charge is 0.0952 e. The average molecular weight is 238 g/mol. The molecule has 18 heavy (non-hydrogen) atoms. The molecule has 0 aliphatic rings. The molecule has 0 radical (unpaired) electrons. The van der Waals surface area contributed by atoms with Gasteiger partial charge in [-0.2, -0.15) is 0 Å². The fourth-order valence-electron chi connectivity index (χ4n) is 2.04. The Hall–Kier alpha value is -2.29. The van der Waals surface area contributed by atoms with Gasteiger partial charge in [-0.3, -0.25) is 4.98 Å². The fraction of sp³-hybridized carbons (Fsp3) is 0.133. The molecule has 3 aromatic rings. The molecule has 0 spiro atoms. The first kappa shape index (κ1) is 10.8. The van der Waals surface area contributed by atoms with Crippen LogP contribution in [0.15, 0.2) is 53.3 Å². The molecule has 0 fully saturated rings. The summed E-state index contributed by atoms with van der Waals surface area (Å²) in [5, 5.41) is 4.58. The molecule has 0 bridgehead atoms. The van der Waals surface area contributed by atoms with Crippen LogP contribution in [-0.2, 0) is 6.54 Å². The van der Waals surface area contributed by atoms with Gasteiger partial charge in [0.05, 0.1) is 18.0 Å². The molecule has 90 valence electrons. The highest BCUT2D eigenvalue weighted by atomic mass is 16.3. The van der Waals surface area contributed by atoms with E-state index in [1.807, 2.05) is 31.2 Å². The topological polar surface area (TPSA) is 38.1 Å². The molecule has 0 saturated carbocycles. The Labute approximate surface area is 105 Å². The maximum Gasteiger partial charge on any atom is 0.0952 e. The molecule has 0 aliphatic heterocycles. The molecule has 0 unspecified atom stereocenters. The van der Waals surface area contributed by atoms with E-state index in [0.717, 1.165) is 34.4 Å². The van der Waals surface area contributed by atoms with Crippen molar-refractivity contribution in [2.24, 2.45) is 0 Å². The van der Waals surface area contributed by atoms with Crippen molar-refractivity contribution in [3.63, 3.8) is 0 Å². The third kappa shape index (κ3) is 2.07. The SMILES string of the molecule is Cc1cc(NCc2ccoc2)c2ccccc2n1. The lowest BCUT2D eigenvalue weighted by Gasteiger charge is -2.09. The van der Waals surface area contributed by atoms with E-state index < -0.39 is 0 Å². The summed E-state index contributed by atoms with van der Waals surface area (Å²) in [5.74, 6) is 0. The Bertz CT molecular complexity index is 659. The molecule has 3 heteroatoms. The number of anilines is 1. The van der Waals surface area contributed by atoms with Crippen LogP contribution in [0.5, 0.6) is 0 Å². The molecule has 0 saturated heterocycles. The van der Waals surface area contributed by atoms with Gasteiger partial charge < -0.3 is 9.73 Å². The Kier molecular flexibility index (Phi) is 2.73. The van der Waals surface area contributed by atoms with E-state index in [0.29, 0.717) is 0 Å². The summed E-state index contributed by atoms with van der Waals surface area (Å²) in [6.45, 7) is 2.76. The molecule has 2 heterocycles. The first-order chi connectivity index (χ1) is 8.83. The van der Waals surface area contributed by atoms with Gasteiger partial charge in [0.25, 0.3) is 0 Å². The molecule has 0 amide bonds.